The first-order valence-electron chi connectivity index (χ1n) is 7.53. The Kier molecular flexibility index (Phi) is 5.79. The molecule has 0 atom stereocenters. The van der Waals surface area contributed by atoms with Crippen LogP contribution < -0.4 is 10.1 Å². The lowest BCUT2D eigenvalue weighted by atomic mass is 10.2. The molecular formula is C19H13Cl2N3OS. The van der Waals surface area contributed by atoms with Crippen molar-refractivity contribution in [1.82, 2.24) is 4.98 Å². The van der Waals surface area contributed by atoms with Crippen molar-refractivity contribution in [2.45, 2.75) is 0 Å². The van der Waals surface area contributed by atoms with E-state index in [4.69, 9.17) is 27.9 Å². The molecule has 0 aliphatic heterocycles. The normalized spacial score (nSPS) is 11.1. The summed E-state index contributed by atoms with van der Waals surface area (Å²) < 4.78 is 5.16. The van der Waals surface area contributed by atoms with Crippen molar-refractivity contribution in [2.24, 2.45) is 0 Å². The molecule has 7 heteroatoms. The molecule has 1 aromatic heterocycles. The Balaban J connectivity index is 1.82. The smallest absolute Gasteiger partial charge is 0.136 e. The van der Waals surface area contributed by atoms with Gasteiger partial charge >= 0.3 is 0 Å². The fourth-order valence-corrected chi connectivity index (χ4v) is 3.45. The fourth-order valence-electron chi connectivity index (χ4n) is 2.19. The molecule has 0 saturated heterocycles. The van der Waals surface area contributed by atoms with Crippen LogP contribution in [0.5, 0.6) is 5.75 Å². The van der Waals surface area contributed by atoms with Gasteiger partial charge in [0, 0.05) is 22.2 Å². The van der Waals surface area contributed by atoms with Gasteiger partial charge in [0.15, 0.2) is 0 Å². The van der Waals surface area contributed by atoms with Crippen molar-refractivity contribution in [1.29, 1.82) is 5.26 Å². The van der Waals surface area contributed by atoms with Crippen LogP contribution in [-0.4, -0.2) is 12.1 Å². The van der Waals surface area contributed by atoms with Gasteiger partial charge < -0.3 is 10.1 Å². The van der Waals surface area contributed by atoms with Crippen molar-refractivity contribution in [3.05, 3.63) is 69.1 Å². The van der Waals surface area contributed by atoms with Crippen molar-refractivity contribution >= 4 is 45.8 Å². The summed E-state index contributed by atoms with van der Waals surface area (Å²) in [6, 6.07) is 14.9. The lowest BCUT2D eigenvalue weighted by Crippen LogP contribution is -1.92. The van der Waals surface area contributed by atoms with E-state index >= 15 is 0 Å². The molecule has 0 aliphatic carbocycles. The number of ether oxygens (including phenoxy) is 1. The number of halogens is 2. The number of benzene rings is 2. The first-order valence-corrected chi connectivity index (χ1v) is 9.16. The van der Waals surface area contributed by atoms with Crippen LogP contribution in [-0.2, 0) is 0 Å². The van der Waals surface area contributed by atoms with E-state index in [0.717, 1.165) is 17.0 Å². The third-order valence-corrected chi connectivity index (χ3v) is 4.97. The highest BCUT2D eigenvalue weighted by atomic mass is 35.5. The summed E-state index contributed by atoms with van der Waals surface area (Å²) in [4.78, 5) is 4.55. The van der Waals surface area contributed by atoms with Gasteiger partial charge in [0.1, 0.15) is 22.4 Å². The summed E-state index contributed by atoms with van der Waals surface area (Å²) in [6.45, 7) is 0. The zero-order chi connectivity index (χ0) is 18.5. The average Bonchev–Trinajstić information content (AvgIpc) is 3.14. The molecule has 0 saturated carbocycles. The molecule has 0 aliphatic rings. The van der Waals surface area contributed by atoms with Gasteiger partial charge in [-0.25, -0.2) is 4.98 Å². The molecule has 0 amide bonds. The lowest BCUT2D eigenvalue weighted by molar-refractivity contribution is 0.415. The molecule has 0 fully saturated rings. The molecule has 0 spiro atoms. The van der Waals surface area contributed by atoms with Gasteiger partial charge in [-0.15, -0.1) is 11.3 Å². The van der Waals surface area contributed by atoms with E-state index < -0.39 is 0 Å². The Morgan fingerprint density at radius 1 is 1.23 bits per heavy atom. The molecule has 3 aromatic rings. The third-order valence-electron chi connectivity index (χ3n) is 3.54. The van der Waals surface area contributed by atoms with Crippen LogP contribution in [0.15, 0.2) is 54.0 Å². The second kappa shape index (κ2) is 8.24. The molecule has 0 unspecified atom stereocenters. The second-order valence-corrected chi connectivity index (χ2v) is 6.91. The van der Waals surface area contributed by atoms with Gasteiger partial charge in [0.2, 0.25) is 0 Å². The Morgan fingerprint density at radius 2 is 2.00 bits per heavy atom. The summed E-state index contributed by atoms with van der Waals surface area (Å²) in [5.74, 6) is 0.783. The Morgan fingerprint density at radius 3 is 2.65 bits per heavy atom. The lowest BCUT2D eigenvalue weighted by Gasteiger charge is -2.04. The van der Waals surface area contributed by atoms with Gasteiger partial charge in [0.25, 0.3) is 0 Å². The SMILES string of the molecule is COc1ccc(-c2csc(C(C#N)=CNc3ccc(Cl)cc3Cl)n2)cc1. The standard InChI is InChI=1S/C19H13Cl2N3OS/c1-25-15-5-2-12(3-6-15)18-11-26-19(24-18)13(9-22)10-23-17-7-4-14(20)8-16(17)21/h2-8,10-11,23H,1H3. The minimum absolute atomic E-state index is 0.417. The van der Waals surface area contributed by atoms with Crippen LogP contribution >= 0.6 is 34.5 Å². The number of nitriles is 1. The molecule has 4 nitrogen and oxygen atoms in total. The quantitative estimate of drug-likeness (QED) is 0.524. The summed E-state index contributed by atoms with van der Waals surface area (Å²) in [5, 5.41) is 16.0. The van der Waals surface area contributed by atoms with Crippen molar-refractivity contribution in [2.75, 3.05) is 12.4 Å². The molecule has 130 valence electrons. The highest BCUT2D eigenvalue weighted by Crippen LogP contribution is 2.29. The van der Waals surface area contributed by atoms with Crippen LogP contribution in [0.2, 0.25) is 10.0 Å². The average molecular weight is 402 g/mol. The summed E-state index contributed by atoms with van der Waals surface area (Å²) in [7, 11) is 1.62. The number of allylic oxidation sites excluding steroid dienone is 1. The topological polar surface area (TPSA) is 57.9 Å². The van der Waals surface area contributed by atoms with Crippen molar-refractivity contribution in [3.8, 4) is 23.1 Å². The Labute approximate surface area is 165 Å². The van der Waals surface area contributed by atoms with Gasteiger partial charge in [-0.2, -0.15) is 5.26 Å². The van der Waals surface area contributed by atoms with Gasteiger partial charge in [-0.3, -0.25) is 0 Å². The first kappa shape index (κ1) is 18.3. The van der Waals surface area contributed by atoms with Gasteiger partial charge in [-0.1, -0.05) is 23.2 Å². The molecule has 1 heterocycles. The number of anilines is 1. The minimum Gasteiger partial charge on any atom is -0.497 e. The van der Waals surface area contributed by atoms with Gasteiger partial charge in [-0.05, 0) is 42.5 Å². The molecule has 3 rings (SSSR count). The van der Waals surface area contributed by atoms with E-state index in [1.807, 2.05) is 29.6 Å². The first-order chi connectivity index (χ1) is 12.6. The van der Waals surface area contributed by atoms with E-state index in [-0.39, 0.29) is 0 Å². The molecule has 2 aromatic carbocycles. The third kappa shape index (κ3) is 4.17. The number of hydrogen-bond donors (Lipinski definition) is 1. The van der Waals surface area contributed by atoms with Crippen LogP contribution in [0.4, 0.5) is 5.69 Å². The van der Waals surface area contributed by atoms with E-state index in [2.05, 4.69) is 16.4 Å². The number of methoxy groups -OCH3 is 1. The molecule has 1 N–H and O–H groups in total. The maximum Gasteiger partial charge on any atom is 0.136 e. The maximum atomic E-state index is 9.46. The number of nitrogens with zero attached hydrogens (tertiary/aromatic N) is 2. The van der Waals surface area contributed by atoms with Crippen LogP contribution in [0.1, 0.15) is 5.01 Å². The van der Waals surface area contributed by atoms with E-state index in [1.165, 1.54) is 11.3 Å². The van der Waals surface area contributed by atoms with Crippen LogP contribution in [0.25, 0.3) is 16.8 Å². The molecular weight excluding hydrogens is 389 g/mol. The second-order valence-electron chi connectivity index (χ2n) is 5.20. The number of rotatable bonds is 5. The highest BCUT2D eigenvalue weighted by molar-refractivity contribution is 7.11. The Hall–Kier alpha value is -2.52. The van der Waals surface area contributed by atoms with Crippen molar-refractivity contribution < 1.29 is 4.74 Å². The number of aromatic nitrogens is 1. The monoisotopic (exact) mass is 401 g/mol. The van der Waals surface area contributed by atoms with E-state index in [9.17, 15) is 5.26 Å². The highest BCUT2D eigenvalue weighted by Gasteiger charge is 2.09. The predicted molar refractivity (Wildman–Crippen MR) is 108 cm³/mol. The van der Waals surface area contributed by atoms with Gasteiger partial charge in [0.05, 0.1) is 23.5 Å². The largest absolute Gasteiger partial charge is 0.497 e. The maximum absolute atomic E-state index is 9.46. The van der Waals surface area contributed by atoms with E-state index in [1.54, 1.807) is 31.5 Å². The predicted octanol–water partition coefficient (Wildman–Crippen LogP) is 6.10. The summed E-state index contributed by atoms with van der Waals surface area (Å²) in [5.41, 5.74) is 2.84. The summed E-state index contributed by atoms with van der Waals surface area (Å²) in [6.07, 6.45) is 1.59. The zero-order valence-electron chi connectivity index (χ0n) is 13.7. The molecule has 26 heavy (non-hydrogen) atoms. The number of thiazole rings is 1. The minimum atomic E-state index is 0.417. The van der Waals surface area contributed by atoms with Crippen LogP contribution in [0.3, 0.4) is 0 Å². The number of nitrogens with one attached hydrogen (secondary N) is 1. The van der Waals surface area contributed by atoms with Crippen LogP contribution in [0, 0.1) is 11.3 Å². The molecule has 0 radical (unpaired) electrons. The summed E-state index contributed by atoms with van der Waals surface area (Å²) >= 11 is 13.4. The van der Waals surface area contributed by atoms with E-state index in [0.29, 0.717) is 26.3 Å². The molecule has 0 bridgehead atoms. The zero-order valence-corrected chi connectivity index (χ0v) is 16.0. The fraction of sp³-hybridized carbons (Fsp3) is 0.0526. The van der Waals surface area contributed by atoms with Crippen molar-refractivity contribution in [3.63, 3.8) is 0 Å². The Bertz CT molecular complexity index is 991. The number of hydrogen-bond acceptors (Lipinski definition) is 5.